The first-order valence-corrected chi connectivity index (χ1v) is 7.00. The Balaban J connectivity index is 1.98. The van der Waals surface area contributed by atoms with E-state index in [-0.39, 0.29) is 17.9 Å². The van der Waals surface area contributed by atoms with Gasteiger partial charge >= 0.3 is 5.69 Å². The Hall–Kier alpha value is -2.63. The van der Waals surface area contributed by atoms with Gasteiger partial charge in [0.05, 0.1) is 0 Å². The lowest BCUT2D eigenvalue weighted by Crippen LogP contribution is -2.40. The number of aromatic nitrogens is 2. The van der Waals surface area contributed by atoms with Crippen molar-refractivity contribution in [1.29, 1.82) is 0 Å². The predicted octanol–water partition coefficient (Wildman–Crippen LogP) is 0.631. The quantitative estimate of drug-likeness (QED) is 0.849. The molecule has 116 valence electrons. The second-order valence-corrected chi connectivity index (χ2v) is 5.76. The number of rotatable bonds is 5. The molecule has 6 nitrogen and oxygen atoms in total. The van der Waals surface area contributed by atoms with Crippen molar-refractivity contribution in [2.24, 2.45) is 0 Å². The minimum Gasteiger partial charge on any atom is -0.354 e. The molecule has 22 heavy (non-hydrogen) atoms. The van der Waals surface area contributed by atoms with Crippen LogP contribution in [0.2, 0.25) is 0 Å². The van der Waals surface area contributed by atoms with Crippen LogP contribution in [0.4, 0.5) is 0 Å². The zero-order valence-corrected chi connectivity index (χ0v) is 12.6. The third kappa shape index (κ3) is 3.94. The van der Waals surface area contributed by atoms with E-state index in [9.17, 15) is 14.4 Å². The zero-order chi connectivity index (χ0) is 16.2. The maximum atomic E-state index is 12.0. The second-order valence-electron chi connectivity index (χ2n) is 5.76. The number of carbonyl (C=O) groups excluding carboxylic acids is 1. The van der Waals surface area contributed by atoms with E-state index >= 15 is 0 Å². The van der Waals surface area contributed by atoms with Crippen LogP contribution in [-0.2, 0) is 16.8 Å². The van der Waals surface area contributed by atoms with Crippen LogP contribution in [0, 0.1) is 0 Å². The first-order valence-electron chi connectivity index (χ1n) is 7.00. The highest BCUT2D eigenvalue weighted by Crippen LogP contribution is 2.21. The third-order valence-electron chi connectivity index (χ3n) is 3.49. The Morgan fingerprint density at radius 3 is 2.50 bits per heavy atom. The number of amides is 1. The molecule has 0 saturated carbocycles. The molecule has 1 aromatic carbocycles. The molecule has 2 aromatic rings. The van der Waals surface area contributed by atoms with E-state index < -0.39 is 11.2 Å². The minimum absolute atomic E-state index is 0.125. The number of hydrogen-bond acceptors (Lipinski definition) is 3. The van der Waals surface area contributed by atoms with Crippen LogP contribution < -0.4 is 16.6 Å². The van der Waals surface area contributed by atoms with Crippen LogP contribution in [0.5, 0.6) is 0 Å². The van der Waals surface area contributed by atoms with Gasteiger partial charge in [0.15, 0.2) is 0 Å². The standard InChI is InChI=1S/C16H19N3O3/c1-16(2,12-6-4-3-5-7-12)11-17-14(21)10-19-9-8-13(20)18-15(19)22/h3-9H,10-11H2,1-2H3,(H,17,21)(H,18,20,22). The van der Waals surface area contributed by atoms with Crippen LogP contribution in [-0.4, -0.2) is 22.0 Å². The van der Waals surface area contributed by atoms with Crippen molar-refractivity contribution in [1.82, 2.24) is 14.9 Å². The van der Waals surface area contributed by atoms with E-state index in [1.165, 1.54) is 12.3 Å². The summed E-state index contributed by atoms with van der Waals surface area (Å²) in [6, 6.07) is 11.1. The summed E-state index contributed by atoms with van der Waals surface area (Å²) in [7, 11) is 0. The number of aromatic amines is 1. The highest BCUT2D eigenvalue weighted by molar-refractivity contribution is 5.75. The molecule has 0 fully saturated rings. The van der Waals surface area contributed by atoms with Gasteiger partial charge in [-0.1, -0.05) is 44.2 Å². The highest BCUT2D eigenvalue weighted by atomic mass is 16.2. The van der Waals surface area contributed by atoms with E-state index in [0.717, 1.165) is 10.1 Å². The summed E-state index contributed by atoms with van der Waals surface area (Å²) < 4.78 is 1.16. The molecule has 0 spiro atoms. The minimum atomic E-state index is -0.593. The summed E-state index contributed by atoms with van der Waals surface area (Å²) in [5.41, 5.74) is -0.166. The number of hydrogen-bond donors (Lipinski definition) is 2. The van der Waals surface area contributed by atoms with Crippen LogP contribution >= 0.6 is 0 Å². The Labute approximate surface area is 127 Å². The predicted molar refractivity (Wildman–Crippen MR) is 83.8 cm³/mol. The molecule has 1 heterocycles. The fourth-order valence-electron chi connectivity index (χ4n) is 2.09. The lowest BCUT2D eigenvalue weighted by Gasteiger charge is -2.25. The van der Waals surface area contributed by atoms with E-state index in [4.69, 9.17) is 0 Å². The van der Waals surface area contributed by atoms with Gasteiger partial charge in [0.1, 0.15) is 6.54 Å². The Morgan fingerprint density at radius 2 is 1.86 bits per heavy atom. The van der Waals surface area contributed by atoms with Crippen molar-refractivity contribution in [2.75, 3.05) is 6.54 Å². The van der Waals surface area contributed by atoms with Crippen molar-refractivity contribution in [2.45, 2.75) is 25.8 Å². The van der Waals surface area contributed by atoms with Gasteiger partial charge in [-0.3, -0.25) is 19.1 Å². The zero-order valence-electron chi connectivity index (χ0n) is 12.6. The molecule has 2 N–H and O–H groups in total. The first-order chi connectivity index (χ1) is 10.4. The molecule has 0 bridgehead atoms. The van der Waals surface area contributed by atoms with Crippen LogP contribution in [0.15, 0.2) is 52.2 Å². The summed E-state index contributed by atoms with van der Waals surface area (Å²) in [5.74, 6) is -0.279. The largest absolute Gasteiger partial charge is 0.354 e. The van der Waals surface area contributed by atoms with Gasteiger partial charge in [-0.25, -0.2) is 4.79 Å². The molecule has 6 heteroatoms. The smallest absolute Gasteiger partial charge is 0.328 e. The lowest BCUT2D eigenvalue weighted by molar-refractivity contribution is -0.122. The van der Waals surface area contributed by atoms with Crippen LogP contribution in [0.1, 0.15) is 19.4 Å². The first kappa shape index (κ1) is 15.8. The van der Waals surface area contributed by atoms with Gasteiger partial charge in [-0.15, -0.1) is 0 Å². The fraction of sp³-hybridized carbons (Fsp3) is 0.312. The molecule has 0 aliphatic rings. The van der Waals surface area contributed by atoms with Crippen molar-refractivity contribution in [3.63, 3.8) is 0 Å². The van der Waals surface area contributed by atoms with Crippen LogP contribution in [0.25, 0.3) is 0 Å². The van der Waals surface area contributed by atoms with Crippen LogP contribution in [0.3, 0.4) is 0 Å². The van der Waals surface area contributed by atoms with Crippen molar-refractivity contribution in [3.8, 4) is 0 Å². The van der Waals surface area contributed by atoms with Gasteiger partial charge in [-0.05, 0) is 5.56 Å². The average molecular weight is 301 g/mol. The molecule has 0 atom stereocenters. The van der Waals surface area contributed by atoms with Gasteiger partial charge in [0, 0.05) is 24.2 Å². The molecular formula is C16H19N3O3. The topological polar surface area (TPSA) is 84.0 Å². The Kier molecular flexibility index (Phi) is 4.60. The van der Waals surface area contributed by atoms with Gasteiger partial charge in [0.25, 0.3) is 5.56 Å². The molecule has 0 aliphatic carbocycles. The molecule has 2 rings (SSSR count). The number of benzene rings is 1. The van der Waals surface area contributed by atoms with Crippen molar-refractivity contribution >= 4 is 5.91 Å². The van der Waals surface area contributed by atoms with E-state index in [1.54, 1.807) is 0 Å². The van der Waals surface area contributed by atoms with Gasteiger partial charge in [0.2, 0.25) is 5.91 Å². The molecule has 0 aliphatic heterocycles. The number of nitrogens with zero attached hydrogens (tertiary/aromatic N) is 1. The summed E-state index contributed by atoms with van der Waals surface area (Å²) in [6.45, 7) is 4.40. The normalized spacial score (nSPS) is 11.2. The number of H-pyrrole nitrogens is 1. The fourth-order valence-corrected chi connectivity index (χ4v) is 2.09. The van der Waals surface area contributed by atoms with Crippen molar-refractivity contribution < 1.29 is 4.79 Å². The summed E-state index contributed by atoms with van der Waals surface area (Å²) >= 11 is 0. The monoisotopic (exact) mass is 301 g/mol. The van der Waals surface area contributed by atoms with Gasteiger partial charge in [-0.2, -0.15) is 0 Å². The molecule has 0 unspecified atom stereocenters. The third-order valence-corrected chi connectivity index (χ3v) is 3.49. The Morgan fingerprint density at radius 1 is 1.18 bits per heavy atom. The highest BCUT2D eigenvalue weighted by Gasteiger charge is 2.21. The maximum Gasteiger partial charge on any atom is 0.328 e. The second kappa shape index (κ2) is 6.43. The number of carbonyl (C=O) groups is 1. The summed E-state index contributed by atoms with van der Waals surface area (Å²) in [5, 5.41) is 2.82. The molecule has 1 aromatic heterocycles. The van der Waals surface area contributed by atoms with Gasteiger partial charge < -0.3 is 5.32 Å². The van der Waals surface area contributed by atoms with Crippen molar-refractivity contribution in [3.05, 3.63) is 69.0 Å². The Bertz CT molecular complexity index is 760. The number of nitrogens with one attached hydrogen (secondary N) is 2. The SMILES string of the molecule is CC(C)(CNC(=O)Cn1ccc(=O)[nH]c1=O)c1ccccc1. The van der Waals surface area contributed by atoms with E-state index in [0.29, 0.717) is 6.54 Å². The molecule has 0 saturated heterocycles. The lowest BCUT2D eigenvalue weighted by atomic mass is 9.84. The van der Waals surface area contributed by atoms with E-state index in [1.807, 2.05) is 44.2 Å². The summed E-state index contributed by atoms with van der Waals surface area (Å²) in [6.07, 6.45) is 1.31. The average Bonchev–Trinajstić information content (AvgIpc) is 2.49. The molecule has 1 amide bonds. The van der Waals surface area contributed by atoms with E-state index in [2.05, 4.69) is 10.3 Å². The molecular weight excluding hydrogens is 282 g/mol. The summed E-state index contributed by atoms with van der Waals surface area (Å²) in [4.78, 5) is 36.6. The maximum absolute atomic E-state index is 12.0. The molecule has 0 radical (unpaired) electrons.